The number of benzene rings is 3. The van der Waals surface area contributed by atoms with Crippen LogP contribution in [0.4, 0.5) is 15.8 Å². The van der Waals surface area contributed by atoms with Crippen molar-refractivity contribution in [3.05, 3.63) is 71.5 Å². The Bertz CT molecular complexity index is 987. The maximum atomic E-state index is 13.1. The highest BCUT2D eigenvalue weighted by atomic mass is 31.1. The zero-order valence-electron chi connectivity index (χ0n) is 14.8. The van der Waals surface area contributed by atoms with E-state index in [0.717, 1.165) is 39.4 Å². The van der Waals surface area contributed by atoms with Gasteiger partial charge in [0.1, 0.15) is 5.82 Å². The number of nitrogens with zero attached hydrogens (tertiary/aromatic N) is 2. The zero-order chi connectivity index (χ0) is 18.3. The number of hydrogen-bond acceptors (Lipinski definition) is 2. The van der Waals surface area contributed by atoms with E-state index in [2.05, 4.69) is 29.9 Å². The molecule has 0 saturated carbocycles. The molecule has 1 atom stereocenters. The van der Waals surface area contributed by atoms with E-state index in [1.165, 1.54) is 12.1 Å². The molecule has 0 spiro atoms. The van der Waals surface area contributed by atoms with Gasteiger partial charge in [-0.3, -0.25) is 4.79 Å². The summed E-state index contributed by atoms with van der Waals surface area (Å²) in [6.45, 7) is 2.67. The molecule has 1 aliphatic rings. The van der Waals surface area contributed by atoms with Gasteiger partial charge in [-0.05, 0) is 51.6 Å². The van der Waals surface area contributed by atoms with E-state index in [9.17, 15) is 9.18 Å². The lowest BCUT2D eigenvalue weighted by Gasteiger charge is -2.22. The highest BCUT2D eigenvalue weighted by Crippen LogP contribution is 2.43. The molecule has 0 bridgehead atoms. The number of halogens is 1. The Morgan fingerprint density at radius 1 is 1.08 bits per heavy atom. The van der Waals surface area contributed by atoms with E-state index < -0.39 is 0 Å². The van der Waals surface area contributed by atoms with Gasteiger partial charge in [0.05, 0.1) is 5.69 Å². The van der Waals surface area contributed by atoms with Crippen LogP contribution in [0.1, 0.15) is 22.8 Å². The molecular formula is C21H20FN2OP. The Morgan fingerprint density at radius 3 is 2.58 bits per heavy atom. The summed E-state index contributed by atoms with van der Waals surface area (Å²) in [4.78, 5) is 14.4. The van der Waals surface area contributed by atoms with Gasteiger partial charge in [-0.2, -0.15) is 0 Å². The molecule has 4 rings (SSSR count). The van der Waals surface area contributed by atoms with Crippen LogP contribution in [0.25, 0.3) is 10.8 Å². The molecule has 5 heteroatoms. The first-order valence-corrected chi connectivity index (χ1v) is 9.85. The van der Waals surface area contributed by atoms with E-state index in [0.29, 0.717) is 15.3 Å². The highest BCUT2D eigenvalue weighted by Gasteiger charge is 2.29. The second kappa shape index (κ2) is 6.69. The van der Waals surface area contributed by atoms with Crippen LogP contribution >= 0.6 is 8.73 Å². The molecule has 1 amide bonds. The number of rotatable bonds is 5. The summed E-state index contributed by atoms with van der Waals surface area (Å²) in [5, 5.41) is 2.16. The van der Waals surface area contributed by atoms with Crippen LogP contribution in [0.15, 0.2) is 54.6 Å². The molecule has 1 aliphatic heterocycles. The van der Waals surface area contributed by atoms with E-state index in [4.69, 9.17) is 0 Å². The normalized spacial score (nSPS) is 13.3. The van der Waals surface area contributed by atoms with Gasteiger partial charge in [0, 0.05) is 41.8 Å². The molecule has 0 fully saturated rings. The third-order valence-corrected chi connectivity index (χ3v) is 6.15. The summed E-state index contributed by atoms with van der Waals surface area (Å²) in [6.07, 6.45) is 0.861. The van der Waals surface area contributed by atoms with Crippen LogP contribution in [0.2, 0.25) is 0 Å². The number of anilines is 2. The maximum Gasteiger partial charge on any atom is 0.258 e. The Morgan fingerprint density at radius 2 is 1.85 bits per heavy atom. The summed E-state index contributed by atoms with van der Waals surface area (Å²) in [7, 11) is 2.61. The average Bonchev–Trinajstić information content (AvgIpc) is 2.94. The van der Waals surface area contributed by atoms with E-state index in [1.54, 1.807) is 0 Å². The molecule has 0 aromatic heterocycles. The molecule has 0 aliphatic carbocycles. The monoisotopic (exact) mass is 366 g/mol. The van der Waals surface area contributed by atoms with Crippen LogP contribution in [-0.2, 0) is 6.16 Å². The molecule has 3 aromatic rings. The molecule has 26 heavy (non-hydrogen) atoms. The lowest BCUT2D eigenvalue weighted by atomic mass is 10.0. The predicted octanol–water partition coefficient (Wildman–Crippen LogP) is 5.19. The quantitative estimate of drug-likeness (QED) is 0.580. The zero-order valence-corrected chi connectivity index (χ0v) is 15.8. The molecule has 1 unspecified atom stereocenters. The van der Waals surface area contributed by atoms with Crippen molar-refractivity contribution >= 4 is 36.8 Å². The van der Waals surface area contributed by atoms with Crippen molar-refractivity contribution in [1.82, 2.24) is 0 Å². The Balaban J connectivity index is 1.66. The highest BCUT2D eigenvalue weighted by molar-refractivity contribution is 7.39. The van der Waals surface area contributed by atoms with Crippen LogP contribution in [-0.4, -0.2) is 19.5 Å². The van der Waals surface area contributed by atoms with Gasteiger partial charge >= 0.3 is 0 Å². The fourth-order valence-corrected chi connectivity index (χ4v) is 4.56. The van der Waals surface area contributed by atoms with Gasteiger partial charge in [0.15, 0.2) is 0 Å². The third-order valence-electron chi connectivity index (χ3n) is 4.87. The predicted molar refractivity (Wildman–Crippen MR) is 108 cm³/mol. The van der Waals surface area contributed by atoms with E-state index >= 15 is 0 Å². The Hall–Kier alpha value is -2.45. The summed E-state index contributed by atoms with van der Waals surface area (Å²) in [6, 6.07) is 16.8. The SMILES string of the molecule is CCN1C(=O)c2cccc3c(N(C)PCc4ccc(F)cc4)ccc1c23. The lowest BCUT2D eigenvalue weighted by molar-refractivity contribution is 0.0994. The maximum absolute atomic E-state index is 13.1. The minimum Gasteiger partial charge on any atom is -0.355 e. The van der Waals surface area contributed by atoms with Crippen molar-refractivity contribution in [3.8, 4) is 0 Å². The first-order valence-electron chi connectivity index (χ1n) is 8.69. The van der Waals surface area contributed by atoms with Crippen molar-refractivity contribution in [2.75, 3.05) is 23.2 Å². The van der Waals surface area contributed by atoms with Crippen molar-refractivity contribution in [2.24, 2.45) is 0 Å². The molecule has 132 valence electrons. The summed E-state index contributed by atoms with van der Waals surface area (Å²) < 4.78 is 15.3. The molecule has 3 nitrogen and oxygen atoms in total. The van der Waals surface area contributed by atoms with Crippen molar-refractivity contribution in [3.63, 3.8) is 0 Å². The van der Waals surface area contributed by atoms with Crippen LogP contribution in [0.3, 0.4) is 0 Å². The average molecular weight is 366 g/mol. The summed E-state index contributed by atoms with van der Waals surface area (Å²) in [5.41, 5.74) is 4.03. The smallest absolute Gasteiger partial charge is 0.258 e. The van der Waals surface area contributed by atoms with Gasteiger partial charge in [-0.25, -0.2) is 4.39 Å². The summed E-state index contributed by atoms with van der Waals surface area (Å²) in [5.74, 6) is -0.121. The standard InChI is InChI=1S/C21H20FN2OP/c1-3-24-19-12-11-18(16-5-4-6-17(20(16)19)21(24)25)23(2)26-13-14-7-9-15(22)10-8-14/h4-12,26H,3,13H2,1-2H3. The molecule has 0 radical (unpaired) electrons. The van der Waals surface area contributed by atoms with Gasteiger partial charge in [-0.15, -0.1) is 0 Å². The number of hydrogen-bond donors (Lipinski definition) is 0. The number of amides is 1. The second-order valence-electron chi connectivity index (χ2n) is 6.40. The van der Waals surface area contributed by atoms with Gasteiger partial charge < -0.3 is 9.57 Å². The van der Waals surface area contributed by atoms with Crippen molar-refractivity contribution in [1.29, 1.82) is 0 Å². The van der Waals surface area contributed by atoms with E-state index in [1.807, 2.05) is 36.1 Å². The lowest BCUT2D eigenvalue weighted by Crippen LogP contribution is -2.25. The van der Waals surface area contributed by atoms with Gasteiger partial charge in [0.25, 0.3) is 5.91 Å². The fraction of sp³-hybridized carbons (Fsp3) is 0.190. The van der Waals surface area contributed by atoms with Crippen LogP contribution < -0.4 is 9.57 Å². The van der Waals surface area contributed by atoms with Crippen LogP contribution in [0, 0.1) is 5.82 Å². The van der Waals surface area contributed by atoms with Crippen LogP contribution in [0.5, 0.6) is 0 Å². The Labute approximate surface area is 154 Å². The number of carbonyl (C=O) groups excluding carboxylic acids is 1. The van der Waals surface area contributed by atoms with Gasteiger partial charge in [-0.1, -0.05) is 24.3 Å². The summed E-state index contributed by atoms with van der Waals surface area (Å²) >= 11 is 0. The molecule has 0 saturated heterocycles. The topological polar surface area (TPSA) is 23.6 Å². The van der Waals surface area contributed by atoms with Gasteiger partial charge in [0.2, 0.25) is 0 Å². The fourth-order valence-electron chi connectivity index (χ4n) is 3.53. The Kier molecular flexibility index (Phi) is 4.37. The van der Waals surface area contributed by atoms with Crippen molar-refractivity contribution < 1.29 is 9.18 Å². The first-order chi connectivity index (χ1) is 12.6. The molecule has 3 aromatic carbocycles. The third kappa shape index (κ3) is 2.75. The minimum absolute atomic E-state index is 0.0849. The molecule has 0 N–H and O–H groups in total. The molecule has 1 heterocycles. The van der Waals surface area contributed by atoms with Crippen molar-refractivity contribution in [2.45, 2.75) is 13.1 Å². The van der Waals surface area contributed by atoms with E-state index in [-0.39, 0.29) is 11.7 Å². The molecular weight excluding hydrogens is 346 g/mol. The second-order valence-corrected chi connectivity index (χ2v) is 7.74. The first kappa shape index (κ1) is 17.0. The number of carbonyl (C=O) groups is 1. The minimum atomic E-state index is -0.205. The largest absolute Gasteiger partial charge is 0.355 e.